The number of rotatable bonds is 5. The second kappa shape index (κ2) is 7.15. The van der Waals surface area contributed by atoms with E-state index >= 15 is 0 Å². The summed E-state index contributed by atoms with van der Waals surface area (Å²) in [6, 6.07) is 12.3. The number of nitrogens with zero attached hydrogens (tertiary/aromatic N) is 5. The molecule has 0 aliphatic heterocycles. The summed E-state index contributed by atoms with van der Waals surface area (Å²) in [6.45, 7) is 8.57. The second-order valence-electron chi connectivity index (χ2n) is 6.87. The van der Waals surface area contributed by atoms with Crippen LogP contribution in [0.25, 0.3) is 5.69 Å². The fraction of sp³-hybridized carbons (Fsp3) is 0.350. The Bertz CT molecular complexity index is 908. The number of carbonyl (C=O) groups is 1. The van der Waals surface area contributed by atoms with Crippen LogP contribution in [0.1, 0.15) is 47.5 Å². The molecule has 0 radical (unpaired) electrons. The molecule has 26 heavy (non-hydrogen) atoms. The Hall–Kier alpha value is -2.89. The maximum atomic E-state index is 13.0. The molecular weight excluding hydrogens is 326 g/mol. The molecule has 3 aromatic rings. The second-order valence-corrected chi connectivity index (χ2v) is 6.87. The highest BCUT2D eigenvalue weighted by molar-refractivity contribution is 5.95. The normalized spacial score (nSPS) is 11.2. The zero-order valence-corrected chi connectivity index (χ0v) is 16.0. The van der Waals surface area contributed by atoms with E-state index in [0.29, 0.717) is 12.1 Å². The number of hydrogen-bond donors (Lipinski definition) is 0. The summed E-state index contributed by atoms with van der Waals surface area (Å²) in [5, 5.41) is 8.13. The molecule has 0 fully saturated rings. The van der Waals surface area contributed by atoms with Crippen molar-refractivity contribution in [3.05, 3.63) is 65.5 Å². The van der Waals surface area contributed by atoms with Crippen molar-refractivity contribution in [2.75, 3.05) is 7.05 Å². The van der Waals surface area contributed by atoms with Gasteiger partial charge in [0, 0.05) is 30.2 Å². The average molecular weight is 351 g/mol. The number of carbonyl (C=O) groups excluding carboxylic acids is 1. The zero-order valence-electron chi connectivity index (χ0n) is 16.0. The van der Waals surface area contributed by atoms with Crippen molar-refractivity contribution in [1.82, 2.24) is 24.2 Å². The highest BCUT2D eigenvalue weighted by Crippen LogP contribution is 2.22. The lowest BCUT2D eigenvalue weighted by atomic mass is 10.2. The van der Waals surface area contributed by atoms with Gasteiger partial charge in [0.15, 0.2) is 5.82 Å². The number of para-hydroxylation sites is 1. The van der Waals surface area contributed by atoms with Gasteiger partial charge in [0.1, 0.15) is 6.33 Å². The van der Waals surface area contributed by atoms with Crippen molar-refractivity contribution in [3.8, 4) is 5.69 Å². The van der Waals surface area contributed by atoms with Crippen LogP contribution in [0.3, 0.4) is 0 Å². The van der Waals surface area contributed by atoms with Crippen molar-refractivity contribution in [2.24, 2.45) is 0 Å². The van der Waals surface area contributed by atoms with E-state index in [1.54, 1.807) is 18.3 Å². The molecular formula is C20H25N5O. The molecule has 0 bridgehead atoms. The SMILES string of the molecule is Cc1cc(C(=O)N(C)Cc2nncn2C(C)C)c(C)n1-c1ccccc1. The zero-order chi connectivity index (χ0) is 18.8. The smallest absolute Gasteiger partial charge is 0.255 e. The van der Waals surface area contributed by atoms with Gasteiger partial charge in [-0.15, -0.1) is 10.2 Å². The molecule has 2 aromatic heterocycles. The molecule has 0 aliphatic rings. The van der Waals surface area contributed by atoms with Crippen LogP contribution in [-0.2, 0) is 6.54 Å². The topological polar surface area (TPSA) is 56.0 Å². The van der Waals surface area contributed by atoms with E-state index in [9.17, 15) is 4.79 Å². The van der Waals surface area contributed by atoms with Crippen molar-refractivity contribution in [1.29, 1.82) is 0 Å². The van der Waals surface area contributed by atoms with Crippen LogP contribution in [-0.4, -0.2) is 37.2 Å². The molecule has 0 aliphatic carbocycles. The summed E-state index contributed by atoms with van der Waals surface area (Å²) in [5.74, 6) is 0.770. The predicted molar refractivity (Wildman–Crippen MR) is 101 cm³/mol. The minimum Gasteiger partial charge on any atom is -0.334 e. The van der Waals surface area contributed by atoms with E-state index in [0.717, 1.165) is 22.9 Å². The first-order valence-electron chi connectivity index (χ1n) is 8.78. The first kappa shape index (κ1) is 17.9. The van der Waals surface area contributed by atoms with E-state index < -0.39 is 0 Å². The monoisotopic (exact) mass is 351 g/mol. The van der Waals surface area contributed by atoms with Crippen LogP contribution < -0.4 is 0 Å². The third-order valence-electron chi connectivity index (χ3n) is 4.60. The number of hydrogen-bond acceptors (Lipinski definition) is 3. The Morgan fingerprint density at radius 1 is 1.19 bits per heavy atom. The molecule has 1 aromatic carbocycles. The molecule has 6 nitrogen and oxygen atoms in total. The molecule has 0 atom stereocenters. The summed E-state index contributed by atoms with van der Waals surface area (Å²) >= 11 is 0. The Labute approximate surface area is 154 Å². The summed E-state index contributed by atoms with van der Waals surface area (Å²) in [5.41, 5.74) is 3.75. The maximum absolute atomic E-state index is 13.0. The van der Waals surface area contributed by atoms with Gasteiger partial charge in [-0.25, -0.2) is 0 Å². The maximum Gasteiger partial charge on any atom is 0.255 e. The van der Waals surface area contributed by atoms with Gasteiger partial charge in [-0.1, -0.05) is 18.2 Å². The fourth-order valence-corrected chi connectivity index (χ4v) is 3.25. The van der Waals surface area contributed by atoms with Crippen molar-refractivity contribution in [3.63, 3.8) is 0 Å². The third kappa shape index (κ3) is 3.27. The summed E-state index contributed by atoms with van der Waals surface area (Å²) in [6.07, 6.45) is 1.71. The standard InChI is InChI=1S/C20H25N5O/c1-14(2)24-13-21-22-19(24)12-23(5)20(26)18-11-15(3)25(16(18)4)17-9-7-6-8-10-17/h6-11,13-14H,12H2,1-5H3. The number of aryl methyl sites for hydroxylation is 1. The van der Waals surface area contributed by atoms with Crippen molar-refractivity contribution in [2.45, 2.75) is 40.3 Å². The molecule has 0 saturated carbocycles. The van der Waals surface area contributed by atoms with Gasteiger partial charge < -0.3 is 14.0 Å². The molecule has 3 rings (SSSR count). The van der Waals surface area contributed by atoms with Gasteiger partial charge in [-0.05, 0) is 45.9 Å². The Kier molecular flexibility index (Phi) is 4.93. The van der Waals surface area contributed by atoms with E-state index in [1.165, 1.54) is 0 Å². The largest absolute Gasteiger partial charge is 0.334 e. The van der Waals surface area contributed by atoms with Gasteiger partial charge in [0.05, 0.1) is 12.1 Å². The van der Waals surface area contributed by atoms with Crippen LogP contribution in [0, 0.1) is 13.8 Å². The Morgan fingerprint density at radius 3 is 2.54 bits per heavy atom. The molecule has 0 N–H and O–H groups in total. The Morgan fingerprint density at radius 2 is 1.88 bits per heavy atom. The van der Waals surface area contributed by atoms with Crippen LogP contribution in [0.15, 0.2) is 42.7 Å². The fourth-order valence-electron chi connectivity index (χ4n) is 3.25. The van der Waals surface area contributed by atoms with Gasteiger partial charge >= 0.3 is 0 Å². The van der Waals surface area contributed by atoms with Gasteiger partial charge in [-0.3, -0.25) is 4.79 Å². The van der Waals surface area contributed by atoms with Crippen LogP contribution >= 0.6 is 0 Å². The first-order chi connectivity index (χ1) is 12.4. The first-order valence-corrected chi connectivity index (χ1v) is 8.78. The lowest BCUT2D eigenvalue weighted by molar-refractivity contribution is 0.0778. The average Bonchev–Trinajstić information content (AvgIpc) is 3.19. The van der Waals surface area contributed by atoms with Crippen molar-refractivity contribution >= 4 is 5.91 Å². The van der Waals surface area contributed by atoms with Crippen molar-refractivity contribution < 1.29 is 4.79 Å². The number of amides is 1. The summed E-state index contributed by atoms with van der Waals surface area (Å²) in [7, 11) is 1.80. The molecule has 6 heteroatoms. The lowest BCUT2D eigenvalue weighted by Crippen LogP contribution is -2.28. The number of aromatic nitrogens is 4. The highest BCUT2D eigenvalue weighted by Gasteiger charge is 2.21. The van der Waals surface area contributed by atoms with E-state index in [2.05, 4.69) is 28.6 Å². The summed E-state index contributed by atoms with van der Waals surface area (Å²) in [4.78, 5) is 14.7. The summed E-state index contributed by atoms with van der Waals surface area (Å²) < 4.78 is 4.09. The lowest BCUT2D eigenvalue weighted by Gasteiger charge is -2.18. The van der Waals surface area contributed by atoms with E-state index in [4.69, 9.17) is 0 Å². The number of benzene rings is 1. The van der Waals surface area contributed by atoms with E-state index in [-0.39, 0.29) is 11.9 Å². The van der Waals surface area contributed by atoms with Gasteiger partial charge in [-0.2, -0.15) is 0 Å². The van der Waals surface area contributed by atoms with Crippen LogP contribution in [0.2, 0.25) is 0 Å². The minimum atomic E-state index is -0.0152. The van der Waals surface area contributed by atoms with Gasteiger partial charge in [0.2, 0.25) is 0 Å². The quantitative estimate of drug-likeness (QED) is 0.706. The van der Waals surface area contributed by atoms with Gasteiger partial charge in [0.25, 0.3) is 5.91 Å². The molecule has 0 spiro atoms. The third-order valence-corrected chi connectivity index (χ3v) is 4.60. The molecule has 0 unspecified atom stereocenters. The van der Waals surface area contributed by atoms with Crippen LogP contribution in [0.4, 0.5) is 0 Å². The molecule has 0 saturated heterocycles. The predicted octanol–water partition coefficient (Wildman–Crippen LogP) is 3.54. The minimum absolute atomic E-state index is 0.0152. The molecule has 1 amide bonds. The highest BCUT2D eigenvalue weighted by atomic mass is 16.2. The molecule has 2 heterocycles. The molecule has 136 valence electrons. The van der Waals surface area contributed by atoms with Crippen LogP contribution in [0.5, 0.6) is 0 Å². The Balaban J connectivity index is 1.87. The van der Waals surface area contributed by atoms with E-state index in [1.807, 2.05) is 54.8 Å².